The van der Waals surface area contributed by atoms with Crippen molar-refractivity contribution in [1.29, 1.82) is 0 Å². The van der Waals surface area contributed by atoms with Crippen LogP contribution in [0.3, 0.4) is 0 Å². The number of unbranched alkanes of at least 4 members (excludes halogenated alkanes) is 7. The van der Waals surface area contributed by atoms with Crippen molar-refractivity contribution in [3.8, 4) is 0 Å². The van der Waals surface area contributed by atoms with Gasteiger partial charge in [0.25, 0.3) is 0 Å². The van der Waals surface area contributed by atoms with Gasteiger partial charge in [-0.2, -0.15) is 0 Å². The van der Waals surface area contributed by atoms with E-state index in [1.54, 1.807) is 18.5 Å². The maximum absolute atomic E-state index is 2.48. The van der Waals surface area contributed by atoms with Crippen molar-refractivity contribution in [3.63, 3.8) is 0 Å². The minimum atomic E-state index is -0.562. The summed E-state index contributed by atoms with van der Waals surface area (Å²) in [4.78, 5) is 0. The van der Waals surface area contributed by atoms with E-state index in [0.29, 0.717) is 0 Å². The highest BCUT2D eigenvalue weighted by Gasteiger charge is 2.32. The van der Waals surface area contributed by atoms with Crippen LogP contribution in [-0.2, 0) is 0 Å². The number of hydrogen-bond acceptors (Lipinski definition) is 0. The van der Waals surface area contributed by atoms with Crippen LogP contribution in [0.15, 0.2) is 0 Å². The molecule has 0 aromatic heterocycles. The average molecular weight is 287 g/mol. The van der Waals surface area contributed by atoms with Gasteiger partial charge < -0.3 is 0 Å². The van der Waals surface area contributed by atoms with Crippen molar-refractivity contribution >= 4 is 7.26 Å². The fraction of sp³-hybridized carbons (Fsp3) is 1.00. The molecular formula is C18H40P+. The smallest absolute Gasteiger partial charge is 0.0594 e. The summed E-state index contributed by atoms with van der Waals surface area (Å²) in [5.41, 5.74) is 0. The molecule has 0 nitrogen and oxygen atoms in total. The number of rotatable bonds is 14. The van der Waals surface area contributed by atoms with Crippen molar-refractivity contribution < 1.29 is 0 Å². The van der Waals surface area contributed by atoms with Gasteiger partial charge in [-0.15, -0.1) is 0 Å². The molecule has 0 aromatic rings. The van der Waals surface area contributed by atoms with Crippen molar-refractivity contribution in [3.05, 3.63) is 0 Å². The fourth-order valence-corrected chi connectivity index (χ4v) is 7.57. The minimum Gasteiger partial charge on any atom is -0.0654 e. The third-order valence-corrected chi connectivity index (χ3v) is 9.86. The maximum atomic E-state index is 2.48. The molecule has 0 rings (SSSR count). The van der Waals surface area contributed by atoms with Gasteiger partial charge in [0.15, 0.2) is 0 Å². The van der Waals surface area contributed by atoms with Gasteiger partial charge in [-0.25, -0.2) is 0 Å². The standard InChI is InChI=1S/C18H40P/c1-5-9-11-12-13-15-18-19(8-4,16-7-3)17-14-10-6-2/h5-18H2,1-4H3/q+1. The van der Waals surface area contributed by atoms with Gasteiger partial charge in [0.1, 0.15) is 0 Å². The van der Waals surface area contributed by atoms with Crippen LogP contribution in [0.5, 0.6) is 0 Å². The molecule has 19 heavy (non-hydrogen) atoms. The molecule has 0 aliphatic heterocycles. The lowest BCUT2D eigenvalue weighted by Crippen LogP contribution is -2.11. The van der Waals surface area contributed by atoms with Crippen LogP contribution >= 0.6 is 7.26 Å². The third kappa shape index (κ3) is 9.89. The summed E-state index contributed by atoms with van der Waals surface area (Å²) < 4.78 is 0. The van der Waals surface area contributed by atoms with Crippen LogP contribution in [0.4, 0.5) is 0 Å². The lowest BCUT2D eigenvalue weighted by Gasteiger charge is -2.26. The first-order valence-electron chi connectivity index (χ1n) is 9.09. The van der Waals surface area contributed by atoms with E-state index in [0.717, 1.165) is 0 Å². The second kappa shape index (κ2) is 13.4. The summed E-state index contributed by atoms with van der Waals surface area (Å²) in [7, 11) is -0.562. The molecule has 0 saturated carbocycles. The van der Waals surface area contributed by atoms with E-state index in [1.165, 1.54) is 70.4 Å². The van der Waals surface area contributed by atoms with Gasteiger partial charge in [-0.3, -0.25) is 0 Å². The molecule has 1 unspecified atom stereocenters. The van der Waals surface area contributed by atoms with Gasteiger partial charge >= 0.3 is 0 Å². The molecule has 1 atom stereocenters. The maximum Gasteiger partial charge on any atom is 0.0594 e. The zero-order valence-electron chi connectivity index (χ0n) is 14.3. The van der Waals surface area contributed by atoms with Crippen molar-refractivity contribution in [2.24, 2.45) is 0 Å². The predicted molar refractivity (Wildman–Crippen MR) is 95.3 cm³/mol. The SMILES string of the molecule is CCCCCCCC[P+](CC)(CCC)CCCCC. The van der Waals surface area contributed by atoms with Crippen LogP contribution in [0, 0.1) is 0 Å². The van der Waals surface area contributed by atoms with E-state index < -0.39 is 7.26 Å². The molecule has 0 radical (unpaired) electrons. The quantitative estimate of drug-likeness (QED) is 0.239. The highest BCUT2D eigenvalue weighted by Crippen LogP contribution is 2.60. The van der Waals surface area contributed by atoms with Gasteiger partial charge in [-0.1, -0.05) is 59.3 Å². The van der Waals surface area contributed by atoms with E-state index in [9.17, 15) is 0 Å². The van der Waals surface area contributed by atoms with Crippen LogP contribution < -0.4 is 0 Å². The molecule has 0 aliphatic carbocycles. The zero-order valence-corrected chi connectivity index (χ0v) is 15.2. The molecule has 0 heterocycles. The first kappa shape index (κ1) is 19.4. The summed E-state index contributed by atoms with van der Waals surface area (Å²) in [5, 5.41) is 0. The van der Waals surface area contributed by atoms with E-state index in [1.807, 2.05) is 0 Å². The Balaban J connectivity index is 3.95. The Morgan fingerprint density at radius 1 is 0.474 bits per heavy atom. The second-order valence-electron chi connectivity index (χ2n) is 6.30. The van der Waals surface area contributed by atoms with E-state index in [2.05, 4.69) is 27.7 Å². The monoisotopic (exact) mass is 287 g/mol. The van der Waals surface area contributed by atoms with Crippen molar-refractivity contribution in [1.82, 2.24) is 0 Å². The summed E-state index contributed by atoms with van der Waals surface area (Å²) in [6, 6.07) is 0. The molecule has 0 spiro atoms. The molecule has 0 amide bonds. The third-order valence-electron chi connectivity index (χ3n) is 4.59. The lowest BCUT2D eigenvalue weighted by atomic mass is 10.1. The number of hydrogen-bond donors (Lipinski definition) is 0. The van der Waals surface area contributed by atoms with Crippen LogP contribution in [0.25, 0.3) is 0 Å². The Morgan fingerprint density at radius 3 is 1.47 bits per heavy atom. The zero-order chi connectivity index (χ0) is 14.4. The second-order valence-corrected chi connectivity index (χ2v) is 11.0. The fourth-order valence-electron chi connectivity index (χ4n) is 3.21. The van der Waals surface area contributed by atoms with E-state index in [4.69, 9.17) is 0 Å². The molecule has 0 bridgehead atoms. The summed E-state index contributed by atoms with van der Waals surface area (Å²) in [6.07, 6.45) is 20.9. The Labute approximate surface area is 124 Å². The Kier molecular flexibility index (Phi) is 13.7. The first-order chi connectivity index (χ1) is 9.24. The molecule has 0 fully saturated rings. The molecule has 0 saturated heterocycles. The molecule has 0 aromatic carbocycles. The minimum absolute atomic E-state index is 0.562. The highest BCUT2D eigenvalue weighted by atomic mass is 31.2. The summed E-state index contributed by atoms with van der Waals surface area (Å²) >= 11 is 0. The van der Waals surface area contributed by atoms with Crippen LogP contribution in [0.2, 0.25) is 0 Å². The van der Waals surface area contributed by atoms with Crippen molar-refractivity contribution in [2.45, 2.75) is 91.9 Å². The average Bonchev–Trinajstić information content (AvgIpc) is 2.43. The molecule has 116 valence electrons. The highest BCUT2D eigenvalue weighted by molar-refractivity contribution is 7.75. The Morgan fingerprint density at radius 2 is 0.947 bits per heavy atom. The largest absolute Gasteiger partial charge is 0.0654 e. The molecule has 0 N–H and O–H groups in total. The lowest BCUT2D eigenvalue weighted by molar-refractivity contribution is 0.625. The summed E-state index contributed by atoms with van der Waals surface area (Å²) in [6.45, 7) is 9.51. The van der Waals surface area contributed by atoms with Crippen molar-refractivity contribution in [2.75, 3.05) is 24.6 Å². The van der Waals surface area contributed by atoms with Gasteiger partial charge in [-0.05, 0) is 32.6 Å². The normalized spacial score (nSPS) is 14.5. The van der Waals surface area contributed by atoms with Gasteiger partial charge in [0, 0.05) is 7.26 Å². The Hall–Kier alpha value is 0.430. The van der Waals surface area contributed by atoms with E-state index in [-0.39, 0.29) is 0 Å². The van der Waals surface area contributed by atoms with E-state index >= 15 is 0 Å². The van der Waals surface area contributed by atoms with Crippen LogP contribution in [-0.4, -0.2) is 24.6 Å². The molecule has 0 aliphatic rings. The Bertz CT molecular complexity index is 179. The van der Waals surface area contributed by atoms with Crippen LogP contribution in [0.1, 0.15) is 91.9 Å². The van der Waals surface area contributed by atoms with Gasteiger partial charge in [0.2, 0.25) is 0 Å². The van der Waals surface area contributed by atoms with Gasteiger partial charge in [0.05, 0.1) is 24.6 Å². The first-order valence-corrected chi connectivity index (χ1v) is 11.6. The predicted octanol–water partition coefficient (Wildman–Crippen LogP) is 6.98. The molecule has 1 heteroatoms. The topological polar surface area (TPSA) is 0 Å². The molecular weight excluding hydrogens is 247 g/mol. The summed E-state index contributed by atoms with van der Waals surface area (Å²) in [5.74, 6) is 0.